The van der Waals surface area contributed by atoms with E-state index in [2.05, 4.69) is 15.7 Å². The van der Waals surface area contributed by atoms with Crippen molar-refractivity contribution in [3.05, 3.63) is 65.9 Å². The molecule has 27 heavy (non-hydrogen) atoms. The molecule has 3 aromatic rings. The van der Waals surface area contributed by atoms with Crippen molar-refractivity contribution in [1.82, 2.24) is 20.4 Å². The Bertz CT molecular complexity index is 1000. The van der Waals surface area contributed by atoms with Gasteiger partial charge in [0.25, 0.3) is 5.91 Å². The van der Waals surface area contributed by atoms with Gasteiger partial charge in [0.1, 0.15) is 11.9 Å². The lowest BCUT2D eigenvalue weighted by atomic mass is 10.1. The van der Waals surface area contributed by atoms with Gasteiger partial charge in [-0.15, -0.1) is 0 Å². The van der Waals surface area contributed by atoms with Gasteiger partial charge in [-0.2, -0.15) is 5.10 Å². The topological polar surface area (TPSA) is 77.4 Å². The summed E-state index contributed by atoms with van der Waals surface area (Å²) in [5.41, 5.74) is 3.41. The highest BCUT2D eigenvalue weighted by molar-refractivity contribution is 5.94. The summed E-state index contributed by atoms with van der Waals surface area (Å²) >= 11 is 0. The highest BCUT2D eigenvalue weighted by atomic mass is 16.7. The molecule has 0 saturated heterocycles. The Morgan fingerprint density at radius 2 is 1.96 bits per heavy atom. The smallest absolute Gasteiger partial charge is 0.269 e. The van der Waals surface area contributed by atoms with Crippen LogP contribution in [0.4, 0.5) is 0 Å². The number of amides is 1. The zero-order chi connectivity index (χ0) is 18.2. The molecule has 2 aromatic carbocycles. The van der Waals surface area contributed by atoms with Crippen LogP contribution in [0.2, 0.25) is 0 Å². The fourth-order valence-corrected chi connectivity index (χ4v) is 3.36. The fraction of sp³-hybridized carbons (Fsp3) is 0.200. The lowest BCUT2D eigenvalue weighted by molar-refractivity contribution is 0.0900. The predicted molar refractivity (Wildman–Crippen MR) is 98.4 cm³/mol. The van der Waals surface area contributed by atoms with Crippen molar-refractivity contribution < 1.29 is 14.3 Å². The Kier molecular flexibility index (Phi) is 3.79. The number of carbonyl (C=O) groups is 1. The van der Waals surface area contributed by atoms with E-state index in [4.69, 9.17) is 9.47 Å². The first kappa shape index (κ1) is 15.9. The van der Waals surface area contributed by atoms with Gasteiger partial charge in [-0.05, 0) is 23.8 Å². The van der Waals surface area contributed by atoms with Crippen LogP contribution in [0.5, 0.6) is 11.5 Å². The normalized spacial score (nSPS) is 17.5. The number of fused-ring (bicyclic) bond motifs is 2. The summed E-state index contributed by atoms with van der Waals surface area (Å²) in [6.07, 6.45) is -0.124. The maximum Gasteiger partial charge on any atom is 0.269 e. The number of nitrogens with zero attached hydrogens (tertiary/aromatic N) is 2. The number of ether oxygens (including phenoxy) is 2. The third-order valence-corrected chi connectivity index (χ3v) is 4.77. The number of hydrogen-bond donors (Lipinski definition) is 2. The van der Waals surface area contributed by atoms with Crippen molar-refractivity contribution in [1.29, 1.82) is 0 Å². The molecule has 136 valence electrons. The molecule has 2 aliphatic rings. The van der Waals surface area contributed by atoms with E-state index in [0.717, 1.165) is 28.3 Å². The van der Waals surface area contributed by atoms with Crippen molar-refractivity contribution in [2.75, 3.05) is 13.3 Å². The second kappa shape index (κ2) is 6.44. The van der Waals surface area contributed by atoms with Crippen molar-refractivity contribution in [2.45, 2.75) is 12.7 Å². The standard InChI is InChI=1S/C20H18N4O3/c25-20-16-9-15(14-4-2-1-3-5-14)23-24(16)19(11-22-20)21-10-13-6-7-17-18(8-13)27-12-26-17/h1-9,19,21H,10-12H2,(H,22,25). The molecule has 3 heterocycles. The summed E-state index contributed by atoms with van der Waals surface area (Å²) < 4.78 is 12.5. The summed E-state index contributed by atoms with van der Waals surface area (Å²) in [4.78, 5) is 12.2. The van der Waals surface area contributed by atoms with Gasteiger partial charge in [0.15, 0.2) is 11.5 Å². The van der Waals surface area contributed by atoms with Gasteiger partial charge in [0, 0.05) is 12.1 Å². The summed E-state index contributed by atoms with van der Waals surface area (Å²) in [6.45, 7) is 1.36. The Morgan fingerprint density at radius 3 is 2.85 bits per heavy atom. The first-order chi connectivity index (χ1) is 13.3. The van der Waals surface area contributed by atoms with Gasteiger partial charge < -0.3 is 14.8 Å². The second-order valence-corrected chi connectivity index (χ2v) is 6.52. The van der Waals surface area contributed by atoms with Crippen LogP contribution in [0, 0.1) is 0 Å². The largest absolute Gasteiger partial charge is 0.454 e. The van der Waals surface area contributed by atoms with Crippen molar-refractivity contribution in [3.63, 3.8) is 0 Å². The zero-order valence-corrected chi connectivity index (χ0v) is 14.5. The summed E-state index contributed by atoms with van der Waals surface area (Å²) in [6, 6.07) is 17.6. The lowest BCUT2D eigenvalue weighted by Crippen LogP contribution is -2.45. The molecule has 5 rings (SSSR count). The molecule has 0 radical (unpaired) electrons. The highest BCUT2D eigenvalue weighted by Gasteiger charge is 2.27. The molecule has 1 amide bonds. The molecule has 7 nitrogen and oxygen atoms in total. The molecular formula is C20H18N4O3. The molecule has 0 spiro atoms. The number of nitrogens with one attached hydrogen (secondary N) is 2. The quantitative estimate of drug-likeness (QED) is 0.745. The van der Waals surface area contributed by atoms with E-state index in [-0.39, 0.29) is 18.9 Å². The van der Waals surface area contributed by atoms with E-state index in [0.29, 0.717) is 18.8 Å². The highest BCUT2D eigenvalue weighted by Crippen LogP contribution is 2.32. The minimum absolute atomic E-state index is 0.106. The van der Waals surface area contributed by atoms with Crippen LogP contribution in [-0.4, -0.2) is 29.0 Å². The first-order valence-corrected chi connectivity index (χ1v) is 8.83. The number of benzene rings is 2. The Hall–Kier alpha value is -3.32. The average Bonchev–Trinajstić information content (AvgIpc) is 3.35. The van der Waals surface area contributed by atoms with Gasteiger partial charge in [-0.3, -0.25) is 10.1 Å². The number of carbonyl (C=O) groups excluding carboxylic acids is 1. The minimum atomic E-state index is -0.124. The minimum Gasteiger partial charge on any atom is -0.454 e. The number of aromatic nitrogens is 2. The SMILES string of the molecule is O=C1NCC(NCc2ccc3c(c2)OCO3)n2nc(-c3ccccc3)cc21. The summed E-state index contributed by atoms with van der Waals surface area (Å²) in [5.74, 6) is 1.42. The molecule has 1 unspecified atom stereocenters. The van der Waals surface area contributed by atoms with Crippen LogP contribution in [0.25, 0.3) is 11.3 Å². The monoisotopic (exact) mass is 362 g/mol. The van der Waals surface area contributed by atoms with Crippen LogP contribution in [0.1, 0.15) is 22.2 Å². The Balaban J connectivity index is 1.38. The maximum absolute atomic E-state index is 12.2. The Labute approximate surface area is 155 Å². The van der Waals surface area contributed by atoms with E-state index in [1.807, 2.05) is 54.6 Å². The molecule has 0 bridgehead atoms. The van der Waals surface area contributed by atoms with Gasteiger partial charge in [0.05, 0.1) is 12.2 Å². The molecule has 0 aliphatic carbocycles. The molecule has 1 atom stereocenters. The summed E-state index contributed by atoms with van der Waals surface area (Å²) in [7, 11) is 0. The fourth-order valence-electron chi connectivity index (χ4n) is 3.36. The van der Waals surface area contributed by atoms with E-state index < -0.39 is 0 Å². The van der Waals surface area contributed by atoms with Crippen molar-refractivity contribution >= 4 is 5.91 Å². The van der Waals surface area contributed by atoms with Crippen LogP contribution in [0.15, 0.2) is 54.6 Å². The molecule has 0 fully saturated rings. The first-order valence-electron chi connectivity index (χ1n) is 8.83. The average molecular weight is 362 g/mol. The molecule has 2 N–H and O–H groups in total. The molecule has 1 aromatic heterocycles. The third kappa shape index (κ3) is 2.92. The lowest BCUT2D eigenvalue weighted by Gasteiger charge is -2.25. The van der Waals surface area contributed by atoms with Crippen LogP contribution < -0.4 is 20.1 Å². The number of rotatable bonds is 4. The van der Waals surface area contributed by atoms with Crippen LogP contribution in [-0.2, 0) is 6.54 Å². The predicted octanol–water partition coefficient (Wildman–Crippen LogP) is 2.31. The molecular weight excluding hydrogens is 344 g/mol. The molecule has 7 heteroatoms. The molecule has 0 saturated carbocycles. The van der Waals surface area contributed by atoms with Crippen LogP contribution >= 0.6 is 0 Å². The van der Waals surface area contributed by atoms with Gasteiger partial charge in [-0.1, -0.05) is 36.4 Å². The number of hydrogen-bond acceptors (Lipinski definition) is 5. The van der Waals surface area contributed by atoms with Crippen LogP contribution in [0.3, 0.4) is 0 Å². The van der Waals surface area contributed by atoms with E-state index in [1.165, 1.54) is 0 Å². The summed E-state index contributed by atoms with van der Waals surface area (Å²) in [5, 5.41) is 11.1. The Morgan fingerprint density at radius 1 is 1.11 bits per heavy atom. The zero-order valence-electron chi connectivity index (χ0n) is 14.5. The van der Waals surface area contributed by atoms with E-state index in [9.17, 15) is 4.79 Å². The van der Waals surface area contributed by atoms with Crippen molar-refractivity contribution in [2.24, 2.45) is 0 Å². The van der Waals surface area contributed by atoms with E-state index >= 15 is 0 Å². The van der Waals surface area contributed by atoms with Gasteiger partial charge >= 0.3 is 0 Å². The van der Waals surface area contributed by atoms with Gasteiger partial charge in [-0.25, -0.2) is 4.68 Å². The van der Waals surface area contributed by atoms with Crippen molar-refractivity contribution in [3.8, 4) is 22.8 Å². The second-order valence-electron chi connectivity index (χ2n) is 6.52. The third-order valence-electron chi connectivity index (χ3n) is 4.77. The van der Waals surface area contributed by atoms with E-state index in [1.54, 1.807) is 4.68 Å². The molecule has 2 aliphatic heterocycles. The van der Waals surface area contributed by atoms with Gasteiger partial charge in [0.2, 0.25) is 6.79 Å². The maximum atomic E-state index is 12.2.